The first-order valence-electron chi connectivity index (χ1n) is 8.64. The fourth-order valence-electron chi connectivity index (χ4n) is 2.76. The van der Waals surface area contributed by atoms with Crippen molar-refractivity contribution in [2.45, 2.75) is 31.3 Å². The third-order valence-electron chi connectivity index (χ3n) is 4.07. The highest BCUT2D eigenvalue weighted by atomic mass is 32.2. The van der Waals surface area contributed by atoms with Crippen molar-refractivity contribution in [2.75, 3.05) is 6.61 Å². The third-order valence-corrected chi connectivity index (χ3v) is 5.54. The van der Waals surface area contributed by atoms with Crippen LogP contribution in [-0.4, -0.2) is 30.0 Å². The maximum Gasteiger partial charge on any atom is 0.241 e. The van der Waals surface area contributed by atoms with Crippen LogP contribution in [0.2, 0.25) is 0 Å². The minimum Gasteiger partial charge on any atom is -0.494 e. The molecule has 2 aromatic carbocycles. The quantitative estimate of drug-likeness (QED) is 0.643. The summed E-state index contributed by atoms with van der Waals surface area (Å²) in [7, 11) is -3.74. The van der Waals surface area contributed by atoms with E-state index in [1.807, 2.05) is 44.2 Å². The zero-order valence-corrected chi connectivity index (χ0v) is 16.1. The maximum atomic E-state index is 13.0. The molecular formula is C19H22N4O3S. The average molecular weight is 386 g/mol. The summed E-state index contributed by atoms with van der Waals surface area (Å²) in [6, 6.07) is 13.7. The van der Waals surface area contributed by atoms with Crippen molar-refractivity contribution in [3.05, 3.63) is 72.1 Å². The standard InChI is InChI=1S/C19H22N4O3S/c1-3-26-19-10-9-17(13-15(19)2)27(24,25)22-18(14-23-20-11-12-21-23)16-7-5-4-6-8-16/h4-13,18,22H,3,14H2,1-2H3. The fraction of sp³-hybridized carbons (Fsp3) is 0.263. The van der Waals surface area contributed by atoms with E-state index in [1.165, 1.54) is 4.80 Å². The number of aromatic nitrogens is 3. The molecule has 0 radical (unpaired) electrons. The molecule has 1 aromatic heterocycles. The van der Waals surface area contributed by atoms with Crippen LogP contribution in [0.3, 0.4) is 0 Å². The number of hydrogen-bond donors (Lipinski definition) is 1. The average Bonchev–Trinajstić information content (AvgIpc) is 3.16. The van der Waals surface area contributed by atoms with E-state index >= 15 is 0 Å². The predicted molar refractivity (Wildman–Crippen MR) is 102 cm³/mol. The molecule has 3 aromatic rings. The summed E-state index contributed by atoms with van der Waals surface area (Å²) in [5, 5.41) is 8.17. The molecule has 0 aliphatic rings. The van der Waals surface area contributed by atoms with Crippen LogP contribution in [0.1, 0.15) is 24.1 Å². The third kappa shape index (κ3) is 4.72. The van der Waals surface area contributed by atoms with Gasteiger partial charge in [0.2, 0.25) is 10.0 Å². The number of nitrogens with one attached hydrogen (secondary N) is 1. The molecule has 1 atom stereocenters. The van der Waals surface area contributed by atoms with Gasteiger partial charge in [-0.2, -0.15) is 15.0 Å². The Balaban J connectivity index is 1.88. The topological polar surface area (TPSA) is 86.1 Å². The van der Waals surface area contributed by atoms with Crippen LogP contribution in [0, 0.1) is 6.92 Å². The molecule has 27 heavy (non-hydrogen) atoms. The number of sulfonamides is 1. The van der Waals surface area contributed by atoms with Gasteiger partial charge in [-0.25, -0.2) is 13.1 Å². The lowest BCUT2D eigenvalue weighted by atomic mass is 10.1. The number of ether oxygens (including phenoxy) is 1. The normalized spacial score (nSPS) is 12.7. The van der Waals surface area contributed by atoms with Crippen LogP contribution in [0.25, 0.3) is 0 Å². The van der Waals surface area contributed by atoms with E-state index < -0.39 is 16.1 Å². The number of benzene rings is 2. The molecule has 7 nitrogen and oxygen atoms in total. The monoisotopic (exact) mass is 386 g/mol. The smallest absolute Gasteiger partial charge is 0.241 e. The van der Waals surface area contributed by atoms with Crippen molar-refractivity contribution in [1.82, 2.24) is 19.7 Å². The Morgan fingerprint density at radius 3 is 2.44 bits per heavy atom. The van der Waals surface area contributed by atoms with Gasteiger partial charge in [0.1, 0.15) is 5.75 Å². The summed E-state index contributed by atoms with van der Waals surface area (Å²) in [6.07, 6.45) is 3.12. The van der Waals surface area contributed by atoms with Gasteiger partial charge in [-0.05, 0) is 43.2 Å². The van der Waals surface area contributed by atoms with Gasteiger partial charge in [-0.15, -0.1) is 0 Å². The second kappa shape index (κ2) is 8.32. The molecule has 0 amide bonds. The van der Waals surface area contributed by atoms with Gasteiger partial charge < -0.3 is 4.74 Å². The van der Waals surface area contributed by atoms with Gasteiger partial charge >= 0.3 is 0 Å². The highest BCUT2D eigenvalue weighted by Crippen LogP contribution is 2.24. The summed E-state index contributed by atoms with van der Waals surface area (Å²) in [6.45, 7) is 4.52. The predicted octanol–water partition coefficient (Wildman–Crippen LogP) is 2.71. The number of nitrogens with zero attached hydrogens (tertiary/aromatic N) is 3. The summed E-state index contributed by atoms with van der Waals surface area (Å²) in [5.74, 6) is 0.678. The molecule has 1 unspecified atom stereocenters. The molecule has 0 saturated carbocycles. The summed E-state index contributed by atoms with van der Waals surface area (Å²) < 4.78 is 34.2. The zero-order valence-electron chi connectivity index (χ0n) is 15.2. The van der Waals surface area contributed by atoms with Crippen molar-refractivity contribution in [1.29, 1.82) is 0 Å². The lowest BCUT2D eigenvalue weighted by Crippen LogP contribution is -2.32. The molecular weight excluding hydrogens is 364 g/mol. The summed E-state index contributed by atoms with van der Waals surface area (Å²) >= 11 is 0. The molecule has 0 aliphatic heterocycles. The molecule has 0 aliphatic carbocycles. The van der Waals surface area contributed by atoms with Gasteiger partial charge in [0, 0.05) is 0 Å². The molecule has 142 valence electrons. The van der Waals surface area contributed by atoms with Crippen molar-refractivity contribution >= 4 is 10.0 Å². The Kier molecular flexibility index (Phi) is 5.88. The molecule has 0 spiro atoms. The number of rotatable bonds is 8. The van der Waals surface area contributed by atoms with E-state index in [9.17, 15) is 8.42 Å². The Bertz CT molecular complexity index is 973. The Labute approximate surface area is 159 Å². The van der Waals surface area contributed by atoms with E-state index in [2.05, 4.69) is 14.9 Å². The molecule has 1 heterocycles. The zero-order chi connectivity index (χ0) is 19.3. The largest absolute Gasteiger partial charge is 0.494 e. The molecule has 3 rings (SSSR count). The highest BCUT2D eigenvalue weighted by Gasteiger charge is 2.23. The molecule has 0 saturated heterocycles. The van der Waals surface area contributed by atoms with Gasteiger partial charge in [0.25, 0.3) is 0 Å². The molecule has 0 fully saturated rings. The van der Waals surface area contributed by atoms with E-state index in [0.717, 1.165) is 11.1 Å². The van der Waals surface area contributed by atoms with Crippen LogP contribution < -0.4 is 9.46 Å². The second-order valence-corrected chi connectivity index (χ2v) is 7.74. The van der Waals surface area contributed by atoms with Crippen LogP contribution >= 0.6 is 0 Å². The van der Waals surface area contributed by atoms with E-state index in [4.69, 9.17) is 4.74 Å². The minimum absolute atomic E-state index is 0.192. The summed E-state index contributed by atoms with van der Waals surface area (Å²) in [5.41, 5.74) is 1.60. The molecule has 0 bridgehead atoms. The van der Waals surface area contributed by atoms with Crippen molar-refractivity contribution in [2.24, 2.45) is 0 Å². The Hall–Kier alpha value is -2.71. The molecule has 1 N–H and O–H groups in total. The van der Waals surface area contributed by atoms with Crippen LogP contribution in [0.4, 0.5) is 0 Å². The van der Waals surface area contributed by atoms with Gasteiger partial charge in [-0.3, -0.25) is 0 Å². The van der Waals surface area contributed by atoms with Crippen molar-refractivity contribution in [3.63, 3.8) is 0 Å². The minimum atomic E-state index is -3.74. The Morgan fingerprint density at radius 1 is 1.11 bits per heavy atom. The first-order chi connectivity index (χ1) is 13.0. The van der Waals surface area contributed by atoms with Crippen LogP contribution in [0.5, 0.6) is 5.75 Å². The highest BCUT2D eigenvalue weighted by molar-refractivity contribution is 7.89. The van der Waals surface area contributed by atoms with Crippen molar-refractivity contribution < 1.29 is 13.2 Å². The summed E-state index contributed by atoms with van der Waals surface area (Å²) in [4.78, 5) is 1.65. The molecule has 8 heteroatoms. The first-order valence-corrected chi connectivity index (χ1v) is 10.1. The second-order valence-electron chi connectivity index (χ2n) is 6.03. The fourth-order valence-corrected chi connectivity index (χ4v) is 4.06. The van der Waals surface area contributed by atoms with Crippen molar-refractivity contribution in [3.8, 4) is 5.75 Å². The lowest BCUT2D eigenvalue weighted by molar-refractivity contribution is 0.337. The van der Waals surface area contributed by atoms with Crippen LogP contribution in [0.15, 0.2) is 65.8 Å². The van der Waals surface area contributed by atoms with E-state index in [1.54, 1.807) is 30.6 Å². The Morgan fingerprint density at radius 2 is 1.81 bits per heavy atom. The number of hydrogen-bond acceptors (Lipinski definition) is 5. The maximum absolute atomic E-state index is 13.0. The van der Waals surface area contributed by atoms with Gasteiger partial charge in [0.15, 0.2) is 0 Å². The van der Waals surface area contributed by atoms with Gasteiger partial charge in [-0.1, -0.05) is 30.3 Å². The van der Waals surface area contributed by atoms with Gasteiger partial charge in [0.05, 0.1) is 36.5 Å². The van der Waals surface area contributed by atoms with E-state index in [0.29, 0.717) is 12.4 Å². The van der Waals surface area contributed by atoms with Crippen LogP contribution in [-0.2, 0) is 16.6 Å². The first kappa shape index (κ1) is 19.1. The van der Waals surface area contributed by atoms with E-state index in [-0.39, 0.29) is 11.4 Å². The SMILES string of the molecule is CCOc1ccc(S(=O)(=O)NC(Cn2nccn2)c2ccccc2)cc1C. The number of aryl methyl sites for hydroxylation is 1. The lowest BCUT2D eigenvalue weighted by Gasteiger charge is -2.19.